The van der Waals surface area contributed by atoms with E-state index in [1.807, 2.05) is 0 Å². The average molecular weight is 300 g/mol. The first-order valence-electron chi connectivity index (χ1n) is 9.13. The molecule has 0 radical (unpaired) electrons. The van der Waals surface area contributed by atoms with E-state index in [9.17, 15) is 0 Å². The number of hydrogen-bond donors (Lipinski definition) is 2. The molecule has 0 aromatic heterocycles. The van der Waals surface area contributed by atoms with Gasteiger partial charge in [0.15, 0.2) is 0 Å². The van der Waals surface area contributed by atoms with Gasteiger partial charge in [0.05, 0.1) is 26.6 Å². The zero-order valence-electron chi connectivity index (χ0n) is 14.2. The normalized spacial score (nSPS) is 17.4. The highest BCUT2D eigenvalue weighted by Crippen LogP contribution is 2.11. The maximum Gasteiger partial charge on any atom is 0.0559 e. The summed E-state index contributed by atoms with van der Waals surface area (Å²) < 4.78 is 0. The molecule has 1 heterocycles. The van der Waals surface area contributed by atoms with Gasteiger partial charge in [0, 0.05) is 13.1 Å². The van der Waals surface area contributed by atoms with E-state index in [1.54, 1.807) is 0 Å². The van der Waals surface area contributed by atoms with Crippen molar-refractivity contribution in [3.63, 3.8) is 0 Å². The molecule has 1 rings (SSSR count). The molecule has 1 aliphatic rings. The largest absolute Gasteiger partial charge is 0.395 e. The molecule has 2 N–H and O–H groups in total. The molecule has 21 heavy (non-hydrogen) atoms. The van der Waals surface area contributed by atoms with Gasteiger partial charge in [-0.25, -0.2) is 0 Å². The lowest BCUT2D eigenvalue weighted by atomic mass is 10.1. The van der Waals surface area contributed by atoms with Gasteiger partial charge >= 0.3 is 0 Å². The van der Waals surface area contributed by atoms with Gasteiger partial charge in [0.25, 0.3) is 0 Å². The summed E-state index contributed by atoms with van der Waals surface area (Å²) >= 11 is 0. The van der Waals surface area contributed by atoms with Crippen LogP contribution in [0.4, 0.5) is 0 Å². The van der Waals surface area contributed by atoms with Crippen molar-refractivity contribution in [2.45, 2.75) is 71.1 Å². The van der Waals surface area contributed by atoms with Gasteiger partial charge in [0.2, 0.25) is 0 Å². The Balaban J connectivity index is 1.85. The van der Waals surface area contributed by atoms with Gasteiger partial charge in [-0.3, -0.25) is 15.1 Å². The quantitative estimate of drug-likeness (QED) is 0.513. The number of nitrogens with one attached hydrogen (secondary N) is 1. The maximum atomic E-state index is 8.98. The lowest BCUT2D eigenvalue weighted by Crippen LogP contribution is -2.53. The van der Waals surface area contributed by atoms with E-state index in [-0.39, 0.29) is 6.61 Å². The second kappa shape index (κ2) is 13.5. The molecule has 1 aliphatic heterocycles. The minimum Gasteiger partial charge on any atom is -0.395 e. The zero-order chi connectivity index (χ0) is 15.2. The Kier molecular flexibility index (Phi) is 12.1. The first-order chi connectivity index (χ1) is 10.4. The molecule has 0 spiro atoms. The Morgan fingerprint density at radius 2 is 1.29 bits per heavy atom. The summed E-state index contributed by atoms with van der Waals surface area (Å²) in [6.45, 7) is 7.42. The van der Waals surface area contributed by atoms with E-state index in [2.05, 4.69) is 22.0 Å². The molecule has 4 nitrogen and oxygen atoms in total. The molecule has 126 valence electrons. The summed E-state index contributed by atoms with van der Waals surface area (Å²) in [4.78, 5) is 4.71. The summed E-state index contributed by atoms with van der Waals surface area (Å²) in [5.41, 5.74) is 0. The molecular formula is C17H37N3O. The van der Waals surface area contributed by atoms with Gasteiger partial charge in [-0.2, -0.15) is 0 Å². The van der Waals surface area contributed by atoms with Crippen LogP contribution < -0.4 is 5.32 Å². The van der Waals surface area contributed by atoms with Gasteiger partial charge in [-0.05, 0) is 6.42 Å². The molecule has 0 bridgehead atoms. The summed E-state index contributed by atoms with van der Waals surface area (Å²) in [5.74, 6) is 0. The topological polar surface area (TPSA) is 38.7 Å². The molecule has 0 aliphatic carbocycles. The van der Waals surface area contributed by atoms with Crippen molar-refractivity contribution in [2.24, 2.45) is 0 Å². The molecule has 0 aromatic rings. The zero-order valence-corrected chi connectivity index (χ0v) is 14.2. The summed E-state index contributed by atoms with van der Waals surface area (Å²) in [6, 6.07) is 0. The third kappa shape index (κ3) is 10.2. The highest BCUT2D eigenvalue weighted by molar-refractivity contribution is 4.65. The predicted molar refractivity (Wildman–Crippen MR) is 90.1 cm³/mol. The first-order valence-corrected chi connectivity index (χ1v) is 9.13. The van der Waals surface area contributed by atoms with Crippen LogP contribution in [0, 0.1) is 0 Å². The van der Waals surface area contributed by atoms with Crippen LogP contribution in [-0.4, -0.2) is 54.6 Å². The molecule has 0 amide bonds. The Bertz CT molecular complexity index is 224. The number of β-amino-alcohol motifs (C(OH)–C–C–N with tert-alkyl or cyclic N) is 1. The Morgan fingerprint density at radius 1 is 0.762 bits per heavy atom. The van der Waals surface area contributed by atoms with E-state index >= 15 is 0 Å². The summed E-state index contributed by atoms with van der Waals surface area (Å²) in [7, 11) is 0. The predicted octanol–water partition coefficient (Wildman–Crippen LogP) is 2.98. The minimum absolute atomic E-state index is 0.258. The molecule has 1 fully saturated rings. The SMILES string of the molecule is CCCCCCCCCCCCN1CNCN(CCO)C1. The lowest BCUT2D eigenvalue weighted by molar-refractivity contribution is 0.0517. The van der Waals surface area contributed by atoms with Crippen molar-refractivity contribution >= 4 is 0 Å². The van der Waals surface area contributed by atoms with Crippen molar-refractivity contribution in [1.29, 1.82) is 0 Å². The standard InChI is InChI=1S/C17H37N3O/c1-2-3-4-5-6-7-8-9-10-11-12-19-15-18-16-20(17-19)13-14-21/h18,21H,2-17H2,1H3. The lowest BCUT2D eigenvalue weighted by Gasteiger charge is -2.35. The number of aliphatic hydroxyl groups is 1. The van der Waals surface area contributed by atoms with E-state index in [0.29, 0.717) is 0 Å². The van der Waals surface area contributed by atoms with E-state index < -0.39 is 0 Å². The van der Waals surface area contributed by atoms with Crippen molar-refractivity contribution < 1.29 is 5.11 Å². The second-order valence-corrected chi connectivity index (χ2v) is 6.40. The monoisotopic (exact) mass is 299 g/mol. The van der Waals surface area contributed by atoms with Crippen molar-refractivity contribution in [2.75, 3.05) is 39.7 Å². The fourth-order valence-corrected chi connectivity index (χ4v) is 3.01. The number of hydrogen-bond acceptors (Lipinski definition) is 4. The summed E-state index contributed by atoms with van der Waals surface area (Å²) in [5, 5.41) is 12.4. The third-order valence-corrected chi connectivity index (χ3v) is 4.31. The van der Waals surface area contributed by atoms with Gasteiger partial charge in [-0.15, -0.1) is 0 Å². The fourth-order valence-electron chi connectivity index (χ4n) is 3.01. The van der Waals surface area contributed by atoms with Crippen molar-refractivity contribution in [3.05, 3.63) is 0 Å². The molecule has 4 heteroatoms. The van der Waals surface area contributed by atoms with Crippen molar-refractivity contribution in [1.82, 2.24) is 15.1 Å². The second-order valence-electron chi connectivity index (χ2n) is 6.40. The van der Waals surface area contributed by atoms with Crippen LogP contribution in [0.15, 0.2) is 0 Å². The highest BCUT2D eigenvalue weighted by Gasteiger charge is 2.15. The Labute approximate surface area is 131 Å². The van der Waals surface area contributed by atoms with Gasteiger partial charge in [-0.1, -0.05) is 64.7 Å². The van der Waals surface area contributed by atoms with Gasteiger partial charge < -0.3 is 5.11 Å². The van der Waals surface area contributed by atoms with Gasteiger partial charge in [0.1, 0.15) is 0 Å². The molecular weight excluding hydrogens is 262 g/mol. The van der Waals surface area contributed by atoms with Crippen LogP contribution in [0.2, 0.25) is 0 Å². The van der Waals surface area contributed by atoms with Crippen LogP contribution in [0.1, 0.15) is 71.1 Å². The molecule has 0 aromatic carbocycles. The number of aliphatic hydroxyl groups excluding tert-OH is 1. The molecule has 0 unspecified atom stereocenters. The number of rotatable bonds is 13. The van der Waals surface area contributed by atoms with Crippen molar-refractivity contribution in [3.8, 4) is 0 Å². The van der Waals surface area contributed by atoms with Crippen LogP contribution in [-0.2, 0) is 0 Å². The van der Waals surface area contributed by atoms with E-state index in [1.165, 1.54) is 70.8 Å². The molecule has 0 atom stereocenters. The average Bonchev–Trinajstić information content (AvgIpc) is 2.50. The van der Waals surface area contributed by atoms with E-state index in [4.69, 9.17) is 5.11 Å². The Hall–Kier alpha value is -0.160. The highest BCUT2D eigenvalue weighted by atomic mass is 16.3. The third-order valence-electron chi connectivity index (χ3n) is 4.31. The Morgan fingerprint density at radius 3 is 1.86 bits per heavy atom. The van der Waals surface area contributed by atoms with Crippen LogP contribution >= 0.6 is 0 Å². The first kappa shape index (κ1) is 18.9. The molecule has 1 saturated heterocycles. The van der Waals surface area contributed by atoms with Crippen LogP contribution in [0.25, 0.3) is 0 Å². The van der Waals surface area contributed by atoms with E-state index in [0.717, 1.165) is 26.6 Å². The number of nitrogens with zero attached hydrogens (tertiary/aromatic N) is 2. The fraction of sp³-hybridized carbons (Fsp3) is 1.00. The smallest absolute Gasteiger partial charge is 0.0559 e. The summed E-state index contributed by atoms with van der Waals surface area (Å²) in [6.07, 6.45) is 14.0. The number of unbranched alkanes of at least 4 members (excludes halogenated alkanes) is 9. The maximum absolute atomic E-state index is 8.98. The minimum atomic E-state index is 0.258. The van der Waals surface area contributed by atoms with Crippen LogP contribution in [0.3, 0.4) is 0 Å². The van der Waals surface area contributed by atoms with Crippen LogP contribution in [0.5, 0.6) is 0 Å². The molecule has 0 saturated carbocycles.